The number of furan rings is 1. The van der Waals surface area contributed by atoms with Crippen LogP contribution in [0.25, 0.3) is 0 Å². The maximum atomic E-state index is 13.3. The lowest BCUT2D eigenvalue weighted by Gasteiger charge is -2.48. The molecule has 0 saturated carbocycles. The van der Waals surface area contributed by atoms with E-state index in [0.29, 0.717) is 24.8 Å². The van der Waals surface area contributed by atoms with Crippen LogP contribution in [0.4, 0.5) is 5.69 Å². The number of rotatable bonds is 8. The van der Waals surface area contributed by atoms with Crippen LogP contribution in [-0.4, -0.2) is 43.7 Å². The molecule has 0 radical (unpaired) electrons. The first-order valence-corrected chi connectivity index (χ1v) is 11.3. The van der Waals surface area contributed by atoms with Crippen LogP contribution in [0.2, 0.25) is 0 Å². The highest BCUT2D eigenvalue weighted by molar-refractivity contribution is 5.91. The second-order valence-corrected chi connectivity index (χ2v) is 10.1. The van der Waals surface area contributed by atoms with E-state index in [1.165, 1.54) is 0 Å². The maximum absolute atomic E-state index is 13.3. The summed E-state index contributed by atoms with van der Waals surface area (Å²) in [5.41, 5.74) is 2.31. The Bertz CT molecular complexity index is 840. The van der Waals surface area contributed by atoms with Crippen LogP contribution >= 0.6 is 0 Å². The maximum Gasteiger partial charge on any atom is 0.289 e. The fourth-order valence-corrected chi connectivity index (χ4v) is 4.80. The molecule has 1 aliphatic heterocycles. The lowest BCUT2D eigenvalue weighted by atomic mass is 9.65. The molecular weight excluding hydrogens is 388 g/mol. The number of hydrogen-bond donors (Lipinski definition) is 0. The summed E-state index contributed by atoms with van der Waals surface area (Å²) in [7, 11) is 4.06. The van der Waals surface area contributed by atoms with E-state index >= 15 is 0 Å². The molecule has 2 aromatic rings. The Balaban J connectivity index is 1.80. The van der Waals surface area contributed by atoms with Crippen molar-refractivity contribution in [1.29, 1.82) is 0 Å². The highest BCUT2D eigenvalue weighted by atomic mass is 16.5. The number of hydrogen-bond acceptors (Lipinski definition) is 4. The summed E-state index contributed by atoms with van der Waals surface area (Å²) >= 11 is 0. The molecule has 1 aliphatic rings. The molecule has 1 aromatic carbocycles. The summed E-state index contributed by atoms with van der Waals surface area (Å²) < 4.78 is 11.5. The molecular formula is C26H38N2O3. The molecule has 1 saturated heterocycles. The Labute approximate surface area is 187 Å². The lowest BCUT2D eigenvalue weighted by molar-refractivity contribution is -0.122. The van der Waals surface area contributed by atoms with Crippen molar-refractivity contribution >= 4 is 11.6 Å². The van der Waals surface area contributed by atoms with Crippen molar-refractivity contribution in [2.75, 3.05) is 32.1 Å². The number of benzene rings is 1. The number of carbonyl (C=O) groups excluding carboxylic acids is 1. The zero-order valence-electron chi connectivity index (χ0n) is 20.0. The van der Waals surface area contributed by atoms with Crippen molar-refractivity contribution in [3.05, 3.63) is 54.0 Å². The third-order valence-electron chi connectivity index (χ3n) is 6.82. The van der Waals surface area contributed by atoms with Crippen LogP contribution in [0, 0.1) is 11.3 Å². The molecule has 31 heavy (non-hydrogen) atoms. The van der Waals surface area contributed by atoms with E-state index in [0.717, 1.165) is 37.1 Å². The van der Waals surface area contributed by atoms with Gasteiger partial charge in [0, 0.05) is 39.5 Å². The van der Waals surface area contributed by atoms with Gasteiger partial charge in [0.05, 0.1) is 11.9 Å². The highest BCUT2D eigenvalue weighted by Crippen LogP contribution is 2.47. The molecule has 0 aliphatic carbocycles. The van der Waals surface area contributed by atoms with Gasteiger partial charge in [0.25, 0.3) is 5.91 Å². The quantitative estimate of drug-likeness (QED) is 0.550. The molecule has 0 N–H and O–H groups in total. The summed E-state index contributed by atoms with van der Waals surface area (Å²) in [5.74, 6) is 0.873. The molecule has 170 valence electrons. The van der Waals surface area contributed by atoms with Gasteiger partial charge in [-0.05, 0) is 74.3 Å². The van der Waals surface area contributed by atoms with E-state index in [1.807, 2.05) is 19.0 Å². The highest BCUT2D eigenvalue weighted by Gasteiger charge is 2.43. The van der Waals surface area contributed by atoms with Crippen LogP contribution in [0.5, 0.6) is 0 Å². The smallest absolute Gasteiger partial charge is 0.289 e. The average molecular weight is 427 g/mol. The third-order valence-corrected chi connectivity index (χ3v) is 6.82. The predicted octanol–water partition coefficient (Wildman–Crippen LogP) is 5.61. The van der Waals surface area contributed by atoms with Gasteiger partial charge in [0.1, 0.15) is 0 Å². The largest absolute Gasteiger partial charge is 0.459 e. The predicted molar refractivity (Wildman–Crippen MR) is 125 cm³/mol. The molecule has 0 spiro atoms. The second kappa shape index (κ2) is 9.47. The molecule has 3 rings (SSSR count). The minimum atomic E-state index is -0.125. The van der Waals surface area contributed by atoms with Crippen LogP contribution in [0.1, 0.15) is 63.1 Å². The van der Waals surface area contributed by atoms with Gasteiger partial charge in [0.2, 0.25) is 0 Å². The Morgan fingerprint density at radius 1 is 1.13 bits per heavy atom. The summed E-state index contributed by atoms with van der Waals surface area (Å²) in [6.45, 7) is 11.0. The summed E-state index contributed by atoms with van der Waals surface area (Å²) in [4.78, 5) is 17.3. The monoisotopic (exact) mass is 426 g/mol. The Morgan fingerprint density at radius 2 is 1.84 bits per heavy atom. The molecule has 1 fully saturated rings. The van der Waals surface area contributed by atoms with Crippen molar-refractivity contribution in [3.63, 3.8) is 0 Å². The molecule has 5 nitrogen and oxygen atoms in total. The van der Waals surface area contributed by atoms with Crippen molar-refractivity contribution in [3.8, 4) is 0 Å². The third kappa shape index (κ3) is 5.70. The summed E-state index contributed by atoms with van der Waals surface area (Å²) in [5, 5.41) is 0. The molecule has 0 bridgehead atoms. The van der Waals surface area contributed by atoms with E-state index in [-0.39, 0.29) is 16.9 Å². The van der Waals surface area contributed by atoms with Crippen molar-refractivity contribution in [1.82, 2.24) is 4.90 Å². The molecule has 1 unspecified atom stereocenters. The minimum absolute atomic E-state index is 0.0492. The van der Waals surface area contributed by atoms with E-state index in [1.54, 1.807) is 18.4 Å². The van der Waals surface area contributed by atoms with Gasteiger partial charge in [-0.2, -0.15) is 0 Å². The van der Waals surface area contributed by atoms with Gasteiger partial charge in [-0.1, -0.05) is 26.0 Å². The standard InChI is InChI=1S/C26H38N2O3/c1-20(2)26(14-17-31-25(3,4)19-26)13-15-28(24(29)23-8-7-16-30-23)18-21-9-11-22(12-10-21)27(5)6/h7-12,16,20H,13-15,17-19H2,1-6H3. The number of amides is 1. The van der Waals surface area contributed by atoms with Gasteiger partial charge < -0.3 is 19.0 Å². The fraction of sp³-hybridized carbons (Fsp3) is 0.577. The Morgan fingerprint density at radius 3 is 2.39 bits per heavy atom. The van der Waals surface area contributed by atoms with E-state index < -0.39 is 0 Å². The van der Waals surface area contributed by atoms with Gasteiger partial charge >= 0.3 is 0 Å². The molecule has 2 heterocycles. The van der Waals surface area contributed by atoms with Crippen LogP contribution in [0.15, 0.2) is 47.1 Å². The molecule has 1 aromatic heterocycles. The van der Waals surface area contributed by atoms with Crippen LogP contribution in [-0.2, 0) is 11.3 Å². The number of ether oxygens (including phenoxy) is 1. The molecule has 5 heteroatoms. The second-order valence-electron chi connectivity index (χ2n) is 10.1. The van der Waals surface area contributed by atoms with Gasteiger partial charge in [-0.15, -0.1) is 0 Å². The van der Waals surface area contributed by atoms with E-state index in [9.17, 15) is 4.79 Å². The average Bonchev–Trinajstić information content (AvgIpc) is 3.25. The zero-order valence-corrected chi connectivity index (χ0v) is 20.0. The number of carbonyl (C=O) groups is 1. The van der Waals surface area contributed by atoms with Crippen molar-refractivity contribution in [2.45, 2.75) is 59.1 Å². The minimum Gasteiger partial charge on any atom is -0.459 e. The first-order chi connectivity index (χ1) is 14.6. The van der Waals surface area contributed by atoms with Gasteiger partial charge in [0.15, 0.2) is 5.76 Å². The first kappa shape index (κ1) is 23.4. The van der Waals surface area contributed by atoms with E-state index in [4.69, 9.17) is 9.15 Å². The van der Waals surface area contributed by atoms with Crippen LogP contribution < -0.4 is 4.90 Å². The van der Waals surface area contributed by atoms with E-state index in [2.05, 4.69) is 56.9 Å². The van der Waals surface area contributed by atoms with Crippen molar-refractivity contribution in [2.24, 2.45) is 11.3 Å². The SMILES string of the molecule is CC(C)C1(CCN(Cc2ccc(N(C)C)cc2)C(=O)c2ccco2)CCOC(C)(C)C1. The summed E-state index contributed by atoms with van der Waals surface area (Å²) in [6.07, 6.45) is 4.57. The summed E-state index contributed by atoms with van der Waals surface area (Å²) in [6, 6.07) is 11.9. The van der Waals surface area contributed by atoms with Crippen LogP contribution in [0.3, 0.4) is 0 Å². The zero-order chi connectivity index (χ0) is 22.6. The lowest BCUT2D eigenvalue weighted by Crippen LogP contribution is -2.46. The normalized spacial score (nSPS) is 20.6. The molecule has 1 amide bonds. The Kier molecular flexibility index (Phi) is 7.15. The fourth-order valence-electron chi connectivity index (χ4n) is 4.80. The number of nitrogens with zero attached hydrogens (tertiary/aromatic N) is 2. The topological polar surface area (TPSA) is 45.9 Å². The van der Waals surface area contributed by atoms with Crippen molar-refractivity contribution < 1.29 is 13.9 Å². The first-order valence-electron chi connectivity index (χ1n) is 11.3. The Hall–Kier alpha value is -2.27. The molecule has 1 atom stereocenters. The van der Waals surface area contributed by atoms with Gasteiger partial charge in [-0.3, -0.25) is 4.79 Å². The van der Waals surface area contributed by atoms with Gasteiger partial charge in [-0.25, -0.2) is 0 Å². The number of anilines is 1.